The third-order valence-corrected chi connectivity index (χ3v) is 3.68. The lowest BCUT2D eigenvalue weighted by Gasteiger charge is -2.18. The molecule has 1 aliphatic rings. The summed E-state index contributed by atoms with van der Waals surface area (Å²) in [6, 6.07) is 7.13. The summed E-state index contributed by atoms with van der Waals surface area (Å²) in [5.74, 6) is 1.54. The van der Waals surface area contributed by atoms with Crippen molar-refractivity contribution in [3.05, 3.63) is 24.3 Å². The van der Waals surface area contributed by atoms with Crippen molar-refractivity contribution in [1.82, 2.24) is 4.90 Å². The molecule has 1 amide bonds. The summed E-state index contributed by atoms with van der Waals surface area (Å²) in [6.07, 6.45) is 0.488. The number of likely N-dealkylation sites (tertiary alicyclic amines) is 1. The Morgan fingerprint density at radius 1 is 1.40 bits per heavy atom. The molecule has 0 bridgehead atoms. The van der Waals surface area contributed by atoms with E-state index in [0.29, 0.717) is 18.8 Å². The first-order valence-electron chi connectivity index (χ1n) is 6.83. The maximum absolute atomic E-state index is 12.0. The monoisotopic (exact) mass is 279 g/mol. The Balaban J connectivity index is 1.80. The Morgan fingerprint density at radius 2 is 2.05 bits per heavy atom. The molecular weight excluding hydrogens is 258 g/mol. The van der Waals surface area contributed by atoms with Gasteiger partial charge in [0, 0.05) is 19.0 Å². The Bertz CT molecular complexity index is 444. The van der Waals surface area contributed by atoms with Crippen molar-refractivity contribution < 1.29 is 19.4 Å². The minimum absolute atomic E-state index is 0.0266. The number of methoxy groups -OCH3 is 1. The number of nitrogens with zero attached hydrogens (tertiary/aromatic N) is 1. The average Bonchev–Trinajstić information content (AvgIpc) is 2.95. The summed E-state index contributed by atoms with van der Waals surface area (Å²) in [7, 11) is 1.60. The summed E-state index contributed by atoms with van der Waals surface area (Å²) in [6.45, 7) is 3.11. The number of ether oxygens (including phenoxy) is 2. The Kier molecular flexibility index (Phi) is 4.84. The molecule has 1 fully saturated rings. The van der Waals surface area contributed by atoms with Crippen LogP contribution in [0.4, 0.5) is 0 Å². The molecule has 2 unspecified atom stereocenters. The van der Waals surface area contributed by atoms with Crippen molar-refractivity contribution in [1.29, 1.82) is 0 Å². The quantitative estimate of drug-likeness (QED) is 0.882. The molecule has 0 spiro atoms. The number of carbonyl (C=O) groups excluding carboxylic acids is 1. The van der Waals surface area contributed by atoms with Crippen LogP contribution >= 0.6 is 0 Å². The number of rotatable bonds is 5. The molecule has 0 aliphatic carbocycles. The van der Waals surface area contributed by atoms with E-state index < -0.39 is 0 Å². The smallest absolute Gasteiger partial charge is 0.260 e. The van der Waals surface area contributed by atoms with Crippen molar-refractivity contribution in [3.8, 4) is 11.5 Å². The SMILES string of the molecule is COc1ccc(OCC(=O)N2CCC(C(C)O)C2)cc1. The van der Waals surface area contributed by atoms with Crippen molar-refractivity contribution >= 4 is 5.91 Å². The summed E-state index contributed by atoms with van der Waals surface area (Å²) in [5, 5.41) is 9.53. The molecule has 5 nitrogen and oxygen atoms in total. The van der Waals surface area contributed by atoms with Crippen LogP contribution in [0, 0.1) is 5.92 Å². The predicted molar refractivity (Wildman–Crippen MR) is 74.9 cm³/mol. The van der Waals surface area contributed by atoms with Crippen LogP contribution in [0.3, 0.4) is 0 Å². The van der Waals surface area contributed by atoms with Gasteiger partial charge in [-0.15, -0.1) is 0 Å². The fraction of sp³-hybridized carbons (Fsp3) is 0.533. The van der Waals surface area contributed by atoms with Crippen LogP contribution in [0.2, 0.25) is 0 Å². The van der Waals surface area contributed by atoms with E-state index in [2.05, 4.69) is 0 Å². The first kappa shape index (κ1) is 14.7. The second kappa shape index (κ2) is 6.61. The van der Waals surface area contributed by atoms with E-state index in [1.54, 1.807) is 43.2 Å². The van der Waals surface area contributed by atoms with Gasteiger partial charge in [-0.05, 0) is 37.6 Å². The second-order valence-electron chi connectivity index (χ2n) is 5.09. The van der Waals surface area contributed by atoms with Crippen LogP contribution in [0.5, 0.6) is 11.5 Å². The van der Waals surface area contributed by atoms with Crippen molar-refractivity contribution in [2.75, 3.05) is 26.8 Å². The minimum Gasteiger partial charge on any atom is -0.497 e. The molecule has 1 N–H and O–H groups in total. The number of hydrogen-bond acceptors (Lipinski definition) is 4. The van der Waals surface area contributed by atoms with Gasteiger partial charge in [-0.2, -0.15) is 0 Å². The van der Waals surface area contributed by atoms with Gasteiger partial charge in [-0.1, -0.05) is 0 Å². The van der Waals surface area contributed by atoms with Gasteiger partial charge in [0.25, 0.3) is 5.91 Å². The molecule has 0 aromatic heterocycles. The Labute approximate surface area is 119 Å². The molecular formula is C15H21NO4. The van der Waals surface area contributed by atoms with Crippen LogP contribution < -0.4 is 9.47 Å². The van der Waals surface area contributed by atoms with E-state index in [1.165, 1.54) is 0 Å². The fourth-order valence-corrected chi connectivity index (χ4v) is 2.32. The lowest BCUT2D eigenvalue weighted by Crippen LogP contribution is -2.34. The van der Waals surface area contributed by atoms with Gasteiger partial charge in [-0.3, -0.25) is 4.79 Å². The topological polar surface area (TPSA) is 59.0 Å². The molecule has 2 rings (SSSR count). The normalized spacial score (nSPS) is 19.8. The van der Waals surface area contributed by atoms with Gasteiger partial charge >= 0.3 is 0 Å². The highest BCUT2D eigenvalue weighted by molar-refractivity contribution is 5.78. The van der Waals surface area contributed by atoms with Crippen LogP contribution in [-0.4, -0.2) is 48.8 Å². The largest absolute Gasteiger partial charge is 0.497 e. The van der Waals surface area contributed by atoms with E-state index in [9.17, 15) is 9.90 Å². The van der Waals surface area contributed by atoms with Gasteiger partial charge < -0.3 is 19.5 Å². The highest BCUT2D eigenvalue weighted by Gasteiger charge is 2.29. The van der Waals surface area contributed by atoms with Gasteiger partial charge in [0.15, 0.2) is 6.61 Å². The molecule has 5 heteroatoms. The zero-order valence-corrected chi connectivity index (χ0v) is 11.9. The highest BCUT2D eigenvalue weighted by Crippen LogP contribution is 2.20. The highest BCUT2D eigenvalue weighted by atomic mass is 16.5. The standard InChI is InChI=1S/C15H21NO4/c1-11(17)12-7-8-16(9-12)15(18)10-20-14-5-3-13(19-2)4-6-14/h3-6,11-12,17H,7-10H2,1-2H3. The number of hydrogen-bond donors (Lipinski definition) is 1. The van der Waals surface area contributed by atoms with E-state index in [0.717, 1.165) is 12.2 Å². The van der Waals surface area contributed by atoms with Gasteiger partial charge in [0.05, 0.1) is 13.2 Å². The molecule has 1 saturated heterocycles. The van der Waals surface area contributed by atoms with Crippen LogP contribution in [0.1, 0.15) is 13.3 Å². The molecule has 0 radical (unpaired) electrons. The lowest BCUT2D eigenvalue weighted by atomic mass is 10.0. The van der Waals surface area contributed by atoms with E-state index >= 15 is 0 Å². The number of carbonyl (C=O) groups is 1. The van der Waals surface area contributed by atoms with E-state index in [-0.39, 0.29) is 24.5 Å². The zero-order valence-electron chi connectivity index (χ0n) is 11.9. The molecule has 2 atom stereocenters. The third kappa shape index (κ3) is 3.63. The summed E-state index contributed by atoms with van der Waals surface area (Å²) < 4.78 is 10.5. The first-order valence-corrected chi connectivity index (χ1v) is 6.83. The molecule has 1 aromatic rings. The number of amides is 1. The van der Waals surface area contributed by atoms with E-state index in [4.69, 9.17) is 9.47 Å². The molecule has 1 aliphatic heterocycles. The number of aliphatic hydroxyl groups is 1. The van der Waals surface area contributed by atoms with E-state index in [1.807, 2.05) is 0 Å². The summed E-state index contributed by atoms with van der Waals surface area (Å²) in [4.78, 5) is 13.8. The molecule has 1 aromatic carbocycles. The second-order valence-corrected chi connectivity index (χ2v) is 5.09. The maximum atomic E-state index is 12.0. The maximum Gasteiger partial charge on any atom is 0.260 e. The lowest BCUT2D eigenvalue weighted by molar-refractivity contribution is -0.132. The molecule has 0 saturated carbocycles. The summed E-state index contributed by atoms with van der Waals surface area (Å²) >= 11 is 0. The molecule has 110 valence electrons. The Morgan fingerprint density at radius 3 is 2.60 bits per heavy atom. The van der Waals surface area contributed by atoms with Gasteiger partial charge in [0.1, 0.15) is 11.5 Å². The van der Waals surface area contributed by atoms with Gasteiger partial charge in [0.2, 0.25) is 0 Å². The molecule has 20 heavy (non-hydrogen) atoms. The van der Waals surface area contributed by atoms with Crippen LogP contribution in [-0.2, 0) is 4.79 Å². The minimum atomic E-state index is -0.365. The third-order valence-electron chi connectivity index (χ3n) is 3.68. The predicted octanol–water partition coefficient (Wildman–Crippen LogP) is 1.30. The number of aliphatic hydroxyl groups excluding tert-OH is 1. The van der Waals surface area contributed by atoms with Gasteiger partial charge in [-0.25, -0.2) is 0 Å². The van der Waals surface area contributed by atoms with Crippen molar-refractivity contribution in [2.45, 2.75) is 19.4 Å². The first-order chi connectivity index (χ1) is 9.60. The average molecular weight is 279 g/mol. The zero-order chi connectivity index (χ0) is 14.5. The molecule has 1 heterocycles. The fourth-order valence-electron chi connectivity index (χ4n) is 2.32. The van der Waals surface area contributed by atoms with Crippen LogP contribution in [0.25, 0.3) is 0 Å². The van der Waals surface area contributed by atoms with Crippen molar-refractivity contribution in [2.24, 2.45) is 5.92 Å². The Hall–Kier alpha value is -1.75. The number of benzene rings is 1. The van der Waals surface area contributed by atoms with Crippen LogP contribution in [0.15, 0.2) is 24.3 Å². The summed E-state index contributed by atoms with van der Waals surface area (Å²) in [5.41, 5.74) is 0. The van der Waals surface area contributed by atoms with Crippen molar-refractivity contribution in [3.63, 3.8) is 0 Å².